The Morgan fingerprint density at radius 1 is 1.00 bits per heavy atom. The van der Waals surface area contributed by atoms with E-state index in [-0.39, 0.29) is 0 Å². The first kappa shape index (κ1) is 11.6. The maximum Gasteiger partial charge on any atom is 0.0594 e. The second-order valence-corrected chi connectivity index (χ2v) is 4.48. The fourth-order valence-corrected chi connectivity index (χ4v) is 1.65. The number of nitrogens with zero attached hydrogens (tertiary/aromatic N) is 1. The van der Waals surface area contributed by atoms with Crippen LogP contribution in [0.2, 0.25) is 0 Å². The Kier molecular flexibility index (Phi) is 3.43. The van der Waals surface area contributed by atoms with Gasteiger partial charge in [0.15, 0.2) is 0 Å². The van der Waals surface area contributed by atoms with Crippen molar-refractivity contribution >= 4 is 5.69 Å². The molecule has 0 saturated carbocycles. The molecular weight excluding hydrogens is 208 g/mol. The van der Waals surface area contributed by atoms with Gasteiger partial charge in [-0.1, -0.05) is 12.1 Å². The highest BCUT2D eigenvalue weighted by atomic mass is 14.9. The first-order valence-electron chi connectivity index (χ1n) is 5.88. The summed E-state index contributed by atoms with van der Waals surface area (Å²) in [5, 5.41) is 3.39. The standard InChI is InChI=1S/C15H18N2/c1-11-4-6-15(16-9-11)10-17-14-7-5-12(2)13(3)8-14/h4-9,17H,10H2,1-3H3. The number of benzene rings is 1. The van der Waals surface area contributed by atoms with Crippen LogP contribution in [-0.2, 0) is 6.54 Å². The zero-order valence-electron chi connectivity index (χ0n) is 10.6. The van der Waals surface area contributed by atoms with Crippen LogP contribution in [0.15, 0.2) is 36.5 Å². The molecule has 88 valence electrons. The second-order valence-electron chi connectivity index (χ2n) is 4.48. The molecule has 0 amide bonds. The van der Waals surface area contributed by atoms with Crippen molar-refractivity contribution in [1.82, 2.24) is 4.98 Å². The number of rotatable bonds is 3. The van der Waals surface area contributed by atoms with Crippen molar-refractivity contribution in [3.63, 3.8) is 0 Å². The Labute approximate surface area is 103 Å². The Morgan fingerprint density at radius 2 is 1.82 bits per heavy atom. The van der Waals surface area contributed by atoms with E-state index in [1.807, 2.05) is 13.1 Å². The summed E-state index contributed by atoms with van der Waals surface area (Å²) in [6.07, 6.45) is 1.90. The molecule has 0 fully saturated rings. The van der Waals surface area contributed by atoms with Crippen molar-refractivity contribution in [1.29, 1.82) is 0 Å². The molecule has 2 heteroatoms. The summed E-state index contributed by atoms with van der Waals surface area (Å²) >= 11 is 0. The molecule has 2 aromatic rings. The summed E-state index contributed by atoms with van der Waals surface area (Å²) in [6, 6.07) is 10.6. The van der Waals surface area contributed by atoms with Crippen LogP contribution in [0.25, 0.3) is 0 Å². The van der Waals surface area contributed by atoms with Gasteiger partial charge in [0.1, 0.15) is 0 Å². The fourth-order valence-electron chi connectivity index (χ4n) is 1.65. The van der Waals surface area contributed by atoms with Crippen LogP contribution in [-0.4, -0.2) is 4.98 Å². The molecule has 17 heavy (non-hydrogen) atoms. The van der Waals surface area contributed by atoms with Crippen LogP contribution in [0.1, 0.15) is 22.4 Å². The van der Waals surface area contributed by atoms with Gasteiger partial charge in [-0.15, -0.1) is 0 Å². The van der Waals surface area contributed by atoms with Crippen LogP contribution < -0.4 is 5.32 Å². The number of pyridine rings is 1. The van der Waals surface area contributed by atoms with Gasteiger partial charge >= 0.3 is 0 Å². The van der Waals surface area contributed by atoms with Crippen LogP contribution in [0.5, 0.6) is 0 Å². The first-order valence-corrected chi connectivity index (χ1v) is 5.88. The maximum absolute atomic E-state index is 4.37. The maximum atomic E-state index is 4.37. The molecule has 1 aromatic heterocycles. The second kappa shape index (κ2) is 5.00. The zero-order valence-corrected chi connectivity index (χ0v) is 10.6. The minimum atomic E-state index is 0.767. The third kappa shape index (κ3) is 3.06. The predicted molar refractivity (Wildman–Crippen MR) is 72.2 cm³/mol. The number of hydrogen-bond donors (Lipinski definition) is 1. The van der Waals surface area contributed by atoms with Gasteiger partial charge in [-0.3, -0.25) is 4.98 Å². The van der Waals surface area contributed by atoms with E-state index in [1.54, 1.807) is 0 Å². The number of aromatic nitrogens is 1. The number of nitrogens with one attached hydrogen (secondary N) is 1. The van der Waals surface area contributed by atoms with Gasteiger partial charge in [-0.25, -0.2) is 0 Å². The van der Waals surface area contributed by atoms with Crippen molar-refractivity contribution in [3.05, 3.63) is 58.9 Å². The molecule has 0 saturated heterocycles. The lowest BCUT2D eigenvalue weighted by atomic mass is 10.1. The predicted octanol–water partition coefficient (Wildman–Crippen LogP) is 3.62. The SMILES string of the molecule is Cc1ccc(CNc2ccc(C)c(C)c2)nc1. The minimum absolute atomic E-state index is 0.767. The van der Waals surface area contributed by atoms with Crippen molar-refractivity contribution in [2.24, 2.45) is 0 Å². The highest BCUT2D eigenvalue weighted by Crippen LogP contribution is 2.14. The van der Waals surface area contributed by atoms with E-state index >= 15 is 0 Å². The molecule has 1 heterocycles. The van der Waals surface area contributed by atoms with E-state index in [1.165, 1.54) is 16.7 Å². The average Bonchev–Trinajstić information content (AvgIpc) is 2.33. The molecule has 0 bridgehead atoms. The van der Waals surface area contributed by atoms with E-state index in [9.17, 15) is 0 Å². The summed E-state index contributed by atoms with van der Waals surface area (Å²) in [4.78, 5) is 4.37. The lowest BCUT2D eigenvalue weighted by molar-refractivity contribution is 1.04. The lowest BCUT2D eigenvalue weighted by Gasteiger charge is -2.08. The lowest BCUT2D eigenvalue weighted by Crippen LogP contribution is -2.01. The third-order valence-electron chi connectivity index (χ3n) is 2.95. The quantitative estimate of drug-likeness (QED) is 0.864. The summed E-state index contributed by atoms with van der Waals surface area (Å²) < 4.78 is 0. The van der Waals surface area contributed by atoms with Crippen LogP contribution >= 0.6 is 0 Å². The van der Waals surface area contributed by atoms with Gasteiger partial charge in [0.05, 0.1) is 12.2 Å². The molecule has 1 N–H and O–H groups in total. The van der Waals surface area contributed by atoms with E-state index in [0.717, 1.165) is 17.9 Å². The molecule has 0 atom stereocenters. The topological polar surface area (TPSA) is 24.9 Å². The molecule has 0 aliphatic rings. The van der Waals surface area contributed by atoms with Crippen LogP contribution in [0.3, 0.4) is 0 Å². The van der Waals surface area contributed by atoms with E-state index in [4.69, 9.17) is 0 Å². The molecule has 0 unspecified atom stereocenters. The van der Waals surface area contributed by atoms with Gasteiger partial charge < -0.3 is 5.32 Å². The van der Waals surface area contributed by atoms with Gasteiger partial charge in [0, 0.05) is 11.9 Å². The van der Waals surface area contributed by atoms with E-state index in [0.29, 0.717) is 0 Å². The molecule has 1 aromatic carbocycles. The van der Waals surface area contributed by atoms with Crippen molar-refractivity contribution in [2.45, 2.75) is 27.3 Å². The van der Waals surface area contributed by atoms with Gasteiger partial charge in [0.25, 0.3) is 0 Å². The molecule has 0 aliphatic heterocycles. The Balaban J connectivity index is 2.02. The smallest absolute Gasteiger partial charge is 0.0594 e. The fraction of sp³-hybridized carbons (Fsp3) is 0.267. The normalized spacial score (nSPS) is 10.3. The van der Waals surface area contributed by atoms with Crippen LogP contribution in [0.4, 0.5) is 5.69 Å². The molecule has 0 radical (unpaired) electrons. The van der Waals surface area contributed by atoms with E-state index in [2.05, 4.69) is 54.5 Å². The van der Waals surface area contributed by atoms with Crippen LogP contribution in [0, 0.1) is 20.8 Å². The Morgan fingerprint density at radius 3 is 2.47 bits per heavy atom. The number of anilines is 1. The molecule has 0 spiro atoms. The summed E-state index contributed by atoms with van der Waals surface area (Å²) in [7, 11) is 0. The highest BCUT2D eigenvalue weighted by molar-refractivity contribution is 5.48. The van der Waals surface area contributed by atoms with Crippen molar-refractivity contribution in [3.8, 4) is 0 Å². The van der Waals surface area contributed by atoms with Gasteiger partial charge in [0.2, 0.25) is 0 Å². The molecular formula is C15H18N2. The first-order chi connectivity index (χ1) is 8.15. The molecule has 2 rings (SSSR count). The summed E-state index contributed by atoms with van der Waals surface area (Å²) in [6.45, 7) is 7.07. The number of aryl methyl sites for hydroxylation is 3. The van der Waals surface area contributed by atoms with E-state index < -0.39 is 0 Å². The van der Waals surface area contributed by atoms with Gasteiger partial charge in [-0.2, -0.15) is 0 Å². The average molecular weight is 226 g/mol. The van der Waals surface area contributed by atoms with Gasteiger partial charge in [-0.05, 0) is 55.7 Å². The number of hydrogen-bond acceptors (Lipinski definition) is 2. The molecule has 2 nitrogen and oxygen atoms in total. The highest BCUT2D eigenvalue weighted by Gasteiger charge is 1.97. The summed E-state index contributed by atoms with van der Waals surface area (Å²) in [5.74, 6) is 0. The Bertz CT molecular complexity index is 501. The molecule has 0 aliphatic carbocycles. The Hall–Kier alpha value is -1.83. The van der Waals surface area contributed by atoms with Crippen molar-refractivity contribution < 1.29 is 0 Å². The largest absolute Gasteiger partial charge is 0.379 e. The zero-order chi connectivity index (χ0) is 12.3. The summed E-state index contributed by atoms with van der Waals surface area (Å²) in [5.41, 5.74) is 6.04. The minimum Gasteiger partial charge on any atom is -0.379 e. The van der Waals surface area contributed by atoms with Crippen molar-refractivity contribution in [2.75, 3.05) is 5.32 Å². The monoisotopic (exact) mass is 226 g/mol. The third-order valence-corrected chi connectivity index (χ3v) is 2.95.